The van der Waals surface area contributed by atoms with Crippen LogP contribution in [0.25, 0.3) is 0 Å². The zero-order chi connectivity index (χ0) is 21.2. The second-order valence-corrected chi connectivity index (χ2v) is 8.26. The molecule has 0 N–H and O–H groups in total. The first-order valence-corrected chi connectivity index (χ1v) is 11.5. The van der Waals surface area contributed by atoms with Crippen LogP contribution in [0.15, 0.2) is 30.3 Å². The van der Waals surface area contributed by atoms with Gasteiger partial charge < -0.3 is 14.2 Å². The minimum absolute atomic E-state index is 0. The molecule has 2 rings (SSSR count). The van der Waals surface area contributed by atoms with Gasteiger partial charge in [-0.1, -0.05) is 39.0 Å². The molecule has 0 spiro atoms. The molecular formula is C24H34LiO4P. The van der Waals surface area contributed by atoms with E-state index >= 15 is 0 Å². The predicted molar refractivity (Wildman–Crippen MR) is 129 cm³/mol. The molecule has 0 aliphatic rings. The van der Waals surface area contributed by atoms with E-state index in [-0.39, 0.29) is 33.0 Å². The van der Waals surface area contributed by atoms with Gasteiger partial charge in [0.2, 0.25) is 0 Å². The first kappa shape index (κ1) is 26.6. The van der Waals surface area contributed by atoms with Crippen molar-refractivity contribution in [1.82, 2.24) is 0 Å². The van der Waals surface area contributed by atoms with E-state index in [1.807, 2.05) is 44.2 Å². The van der Waals surface area contributed by atoms with Crippen LogP contribution in [0, 0.1) is 13.8 Å². The van der Waals surface area contributed by atoms with Crippen LogP contribution in [-0.4, -0.2) is 44.2 Å². The fraction of sp³-hybridized carbons (Fsp3) is 0.458. The Hall–Kier alpha value is -1.46. The molecule has 1 unspecified atom stereocenters. The van der Waals surface area contributed by atoms with Gasteiger partial charge in [0, 0.05) is 17.7 Å². The third kappa shape index (κ3) is 7.35. The van der Waals surface area contributed by atoms with Gasteiger partial charge in [-0.05, 0) is 52.8 Å². The third-order valence-corrected chi connectivity index (χ3v) is 5.60. The predicted octanol–water partition coefficient (Wildman–Crippen LogP) is 5.17. The topological polar surface area (TPSA) is 44.8 Å². The summed E-state index contributed by atoms with van der Waals surface area (Å²) in [6.45, 7) is 12.0. The van der Waals surface area contributed by atoms with Crippen LogP contribution < -0.4 is 19.5 Å². The fourth-order valence-electron chi connectivity index (χ4n) is 2.99. The molecule has 6 heteroatoms. The van der Waals surface area contributed by atoms with Crippen molar-refractivity contribution in [2.24, 2.45) is 0 Å². The third-order valence-electron chi connectivity index (χ3n) is 4.38. The van der Waals surface area contributed by atoms with Crippen molar-refractivity contribution in [3.63, 3.8) is 0 Å². The van der Waals surface area contributed by atoms with Crippen LogP contribution >= 0.6 is 8.58 Å². The molecule has 0 radical (unpaired) electrons. The Morgan fingerprint density at radius 3 is 1.77 bits per heavy atom. The Morgan fingerprint density at radius 1 is 0.833 bits per heavy atom. The van der Waals surface area contributed by atoms with Crippen LogP contribution in [0.1, 0.15) is 61.5 Å². The molecule has 160 valence electrons. The fourth-order valence-corrected chi connectivity index (χ4v) is 4.27. The van der Waals surface area contributed by atoms with Gasteiger partial charge in [0.05, 0.1) is 25.1 Å². The number of aryl methyl sites for hydroxylation is 2. The molecule has 0 saturated carbocycles. The average Bonchev–Trinajstić information content (AvgIpc) is 2.70. The zero-order valence-electron chi connectivity index (χ0n) is 18.3. The number of hydrogen-bond donors (Lipinski definition) is 0. The SMILES string of the molecule is CCCOc1cc(OCCC)c(PC(=O)c2c(C)cccc2C)c(OCCC)c1.[LiH]. The quantitative estimate of drug-likeness (QED) is 0.349. The number of rotatable bonds is 12. The standard InChI is InChI=1S/C24H33O4P.Li.H/c1-6-12-26-19-15-20(27-13-7-2)23(21(16-19)28-14-8-3)29-24(25)22-17(4)10-9-11-18(22)5;;/h9-11,15-16,29H,6-8,12-14H2,1-5H3;;. The Kier molecular flexibility index (Phi) is 12.2. The minimum atomic E-state index is -0.0771. The molecule has 2 aromatic rings. The molecule has 0 heterocycles. The van der Waals surface area contributed by atoms with E-state index in [1.165, 1.54) is 0 Å². The van der Waals surface area contributed by atoms with Crippen LogP contribution in [0.5, 0.6) is 17.2 Å². The maximum atomic E-state index is 13.2. The van der Waals surface area contributed by atoms with E-state index in [2.05, 4.69) is 20.8 Å². The first-order valence-electron chi connectivity index (χ1n) is 10.5. The van der Waals surface area contributed by atoms with Gasteiger partial charge in [-0.25, -0.2) is 0 Å². The van der Waals surface area contributed by atoms with E-state index in [9.17, 15) is 4.79 Å². The summed E-state index contributed by atoms with van der Waals surface area (Å²) in [6.07, 6.45) is 2.70. The maximum absolute atomic E-state index is 13.2. The van der Waals surface area contributed by atoms with Gasteiger partial charge in [-0.15, -0.1) is 0 Å². The number of carbonyl (C=O) groups is 1. The van der Waals surface area contributed by atoms with Gasteiger partial charge in [-0.2, -0.15) is 0 Å². The van der Waals surface area contributed by atoms with E-state index < -0.39 is 0 Å². The van der Waals surface area contributed by atoms with E-state index in [1.54, 1.807) is 0 Å². The molecule has 0 fully saturated rings. The average molecular weight is 424 g/mol. The summed E-state index contributed by atoms with van der Waals surface area (Å²) < 4.78 is 17.9. The van der Waals surface area contributed by atoms with Gasteiger partial charge in [0.15, 0.2) is 5.52 Å². The van der Waals surface area contributed by atoms with Gasteiger partial charge in [0.1, 0.15) is 17.2 Å². The number of benzene rings is 2. The number of carbonyl (C=O) groups excluding carboxylic acids is 1. The molecular weight excluding hydrogens is 390 g/mol. The number of hydrogen-bond acceptors (Lipinski definition) is 4. The van der Waals surface area contributed by atoms with Crippen molar-refractivity contribution in [1.29, 1.82) is 0 Å². The number of ether oxygens (including phenoxy) is 3. The molecule has 4 nitrogen and oxygen atoms in total. The summed E-state index contributed by atoms with van der Waals surface area (Å²) in [5.74, 6) is 2.09. The van der Waals surface area contributed by atoms with E-state index in [0.29, 0.717) is 31.3 Å². The van der Waals surface area contributed by atoms with Crippen molar-refractivity contribution in [3.05, 3.63) is 47.0 Å². The van der Waals surface area contributed by atoms with Gasteiger partial charge >= 0.3 is 18.9 Å². The van der Waals surface area contributed by atoms with Gasteiger partial charge in [0.25, 0.3) is 0 Å². The van der Waals surface area contributed by atoms with Crippen LogP contribution in [-0.2, 0) is 0 Å². The summed E-state index contributed by atoms with van der Waals surface area (Å²) in [7, 11) is -0.0771. The molecule has 0 amide bonds. The Labute approximate surface area is 195 Å². The van der Waals surface area contributed by atoms with E-state index in [4.69, 9.17) is 14.2 Å². The second-order valence-electron chi connectivity index (χ2n) is 7.06. The summed E-state index contributed by atoms with van der Waals surface area (Å²) >= 11 is 0. The summed E-state index contributed by atoms with van der Waals surface area (Å²) in [5.41, 5.74) is 2.89. The van der Waals surface area contributed by atoms with Crippen LogP contribution in [0.2, 0.25) is 0 Å². The first-order chi connectivity index (χ1) is 14.0. The Morgan fingerprint density at radius 2 is 1.30 bits per heavy atom. The molecule has 0 aliphatic carbocycles. The van der Waals surface area contributed by atoms with Crippen molar-refractivity contribution in [2.45, 2.75) is 53.9 Å². The van der Waals surface area contributed by atoms with Crippen molar-refractivity contribution >= 4 is 38.3 Å². The van der Waals surface area contributed by atoms with Crippen molar-refractivity contribution in [2.75, 3.05) is 19.8 Å². The Bertz CT molecular complexity index is 774. The van der Waals surface area contributed by atoms with E-state index in [0.717, 1.165) is 47.0 Å². The second kappa shape index (κ2) is 13.8. The van der Waals surface area contributed by atoms with Gasteiger partial charge in [-0.3, -0.25) is 4.79 Å². The normalized spacial score (nSPS) is 10.7. The summed E-state index contributed by atoms with van der Waals surface area (Å²) in [6, 6.07) is 9.73. The molecule has 30 heavy (non-hydrogen) atoms. The summed E-state index contributed by atoms with van der Waals surface area (Å²) in [4.78, 5) is 13.2. The molecule has 0 aromatic heterocycles. The Balaban J connectivity index is 0.00000450. The monoisotopic (exact) mass is 424 g/mol. The molecule has 1 atom stereocenters. The van der Waals surface area contributed by atoms with Crippen molar-refractivity contribution < 1.29 is 19.0 Å². The summed E-state index contributed by atoms with van der Waals surface area (Å²) in [5, 5.41) is 0.823. The van der Waals surface area contributed by atoms with Crippen LogP contribution in [0.3, 0.4) is 0 Å². The molecule has 2 aromatic carbocycles. The van der Waals surface area contributed by atoms with Crippen LogP contribution in [0.4, 0.5) is 0 Å². The molecule has 0 bridgehead atoms. The molecule has 0 aliphatic heterocycles. The molecule has 0 saturated heterocycles. The van der Waals surface area contributed by atoms with Crippen molar-refractivity contribution in [3.8, 4) is 17.2 Å². The zero-order valence-corrected chi connectivity index (χ0v) is 19.3.